The Morgan fingerprint density at radius 2 is 1.80 bits per heavy atom. The van der Waals surface area contributed by atoms with Crippen LogP contribution in [-0.4, -0.2) is 34.3 Å². The van der Waals surface area contributed by atoms with Crippen molar-refractivity contribution in [2.75, 3.05) is 7.05 Å². The molecular formula is C29H39ClN4O. The molecule has 3 atom stereocenters. The zero-order valence-corrected chi connectivity index (χ0v) is 21.8. The number of fused-ring (bicyclic) bond motifs is 1. The minimum Gasteiger partial charge on any atom is -0.369 e. The maximum atomic E-state index is 13.4. The number of aromatic nitrogens is 1. The molecule has 2 N–H and O–H groups in total. The second-order valence-electron chi connectivity index (χ2n) is 11.3. The molecule has 6 heteroatoms. The van der Waals surface area contributed by atoms with Crippen LogP contribution in [0.15, 0.2) is 35.3 Å². The van der Waals surface area contributed by atoms with Gasteiger partial charge >= 0.3 is 0 Å². The van der Waals surface area contributed by atoms with E-state index in [1.54, 1.807) is 11.9 Å². The van der Waals surface area contributed by atoms with Crippen LogP contribution in [0.1, 0.15) is 82.7 Å². The maximum absolute atomic E-state index is 13.4. The van der Waals surface area contributed by atoms with Gasteiger partial charge in [0.15, 0.2) is 5.96 Å². The van der Waals surface area contributed by atoms with Crippen molar-refractivity contribution in [2.45, 2.75) is 89.0 Å². The van der Waals surface area contributed by atoms with Crippen molar-refractivity contribution in [1.82, 2.24) is 9.88 Å². The molecule has 3 aliphatic rings. The Bertz CT molecular complexity index is 1100. The number of para-hydroxylation sites is 1. The van der Waals surface area contributed by atoms with Crippen LogP contribution >= 0.6 is 11.6 Å². The highest BCUT2D eigenvalue weighted by molar-refractivity contribution is 6.35. The van der Waals surface area contributed by atoms with Gasteiger partial charge in [-0.15, -0.1) is 0 Å². The van der Waals surface area contributed by atoms with E-state index < -0.39 is 5.54 Å². The van der Waals surface area contributed by atoms with Crippen LogP contribution in [-0.2, 0) is 11.2 Å². The Morgan fingerprint density at radius 1 is 1.03 bits per heavy atom. The minimum absolute atomic E-state index is 0.110. The highest BCUT2D eigenvalue weighted by atomic mass is 35.5. The molecule has 1 unspecified atom stereocenters. The summed E-state index contributed by atoms with van der Waals surface area (Å²) in [4.78, 5) is 24.8. The van der Waals surface area contributed by atoms with E-state index in [4.69, 9.17) is 27.3 Å². The van der Waals surface area contributed by atoms with Gasteiger partial charge in [-0.05, 0) is 62.0 Å². The molecule has 2 heterocycles. The quantitative estimate of drug-likeness (QED) is 0.476. The number of pyridine rings is 1. The number of carbonyl (C=O) groups is 1. The molecule has 0 spiro atoms. The zero-order valence-electron chi connectivity index (χ0n) is 21.0. The standard InChI is InChI=1S/C29H39ClN4O/c1-34-27(35)29(33-28(34)31,16-15-20-7-3-2-4-8-20)19-22-10-5-9-21(17-22)18-24-14-13-23-11-6-12-25(30)26(23)32-24/h6,11-14,20-22H,2-5,7-10,15-19H2,1H3,(H2,31,33)/t21?,22-,29-/m1/s1. The number of benzene rings is 1. The van der Waals surface area contributed by atoms with E-state index in [0.717, 1.165) is 54.6 Å². The van der Waals surface area contributed by atoms with E-state index in [9.17, 15) is 4.79 Å². The van der Waals surface area contributed by atoms with E-state index in [1.165, 1.54) is 51.4 Å². The molecule has 2 fully saturated rings. The largest absolute Gasteiger partial charge is 0.369 e. The number of nitrogens with zero attached hydrogens (tertiary/aromatic N) is 3. The van der Waals surface area contributed by atoms with Crippen molar-refractivity contribution in [3.8, 4) is 0 Å². The molecule has 2 aromatic rings. The molecule has 0 bridgehead atoms. The lowest BCUT2D eigenvalue weighted by Gasteiger charge is -2.35. The highest BCUT2D eigenvalue weighted by Gasteiger charge is 2.48. The van der Waals surface area contributed by atoms with Crippen LogP contribution in [0, 0.1) is 17.8 Å². The Balaban J connectivity index is 1.27. The number of carbonyl (C=O) groups excluding carboxylic acids is 1. The SMILES string of the molecule is CN1C(=O)[C@@](CCC2CCCCC2)(C[C@@H]2CCCC(Cc3ccc4cccc(Cl)c4n3)C2)N=C1N. The fourth-order valence-electron chi connectivity index (χ4n) is 6.89. The van der Waals surface area contributed by atoms with E-state index in [0.29, 0.717) is 22.8 Å². The molecule has 1 aromatic carbocycles. The Kier molecular flexibility index (Phi) is 7.34. The molecule has 2 aliphatic carbocycles. The van der Waals surface area contributed by atoms with E-state index >= 15 is 0 Å². The number of halogens is 1. The lowest BCUT2D eigenvalue weighted by Crippen LogP contribution is -2.44. The average Bonchev–Trinajstić information content (AvgIpc) is 3.08. The van der Waals surface area contributed by atoms with Gasteiger partial charge in [0.1, 0.15) is 5.54 Å². The number of guanidine groups is 1. The topological polar surface area (TPSA) is 71.6 Å². The first-order chi connectivity index (χ1) is 16.9. The van der Waals surface area contributed by atoms with Gasteiger partial charge in [-0.25, -0.2) is 4.99 Å². The Morgan fingerprint density at radius 3 is 2.57 bits per heavy atom. The smallest absolute Gasteiger partial charge is 0.257 e. The van der Waals surface area contributed by atoms with Crippen molar-refractivity contribution in [3.05, 3.63) is 41.0 Å². The number of likely N-dealkylation sites (N-methyl/N-ethyl adjacent to an activating group) is 1. The number of hydrogen-bond donors (Lipinski definition) is 1. The van der Waals surface area contributed by atoms with E-state index in [-0.39, 0.29) is 5.91 Å². The van der Waals surface area contributed by atoms with Gasteiger partial charge in [-0.1, -0.05) is 81.2 Å². The van der Waals surface area contributed by atoms with Crippen molar-refractivity contribution in [3.63, 3.8) is 0 Å². The van der Waals surface area contributed by atoms with Gasteiger partial charge in [0.25, 0.3) is 5.91 Å². The number of aliphatic imine (C=N–C) groups is 1. The van der Waals surface area contributed by atoms with Crippen LogP contribution < -0.4 is 5.73 Å². The third-order valence-electron chi connectivity index (χ3n) is 8.81. The summed E-state index contributed by atoms with van der Waals surface area (Å²) in [6.07, 6.45) is 15.1. The molecule has 35 heavy (non-hydrogen) atoms. The molecule has 0 radical (unpaired) electrons. The summed E-state index contributed by atoms with van der Waals surface area (Å²) < 4.78 is 0. The molecule has 1 aromatic heterocycles. The van der Waals surface area contributed by atoms with E-state index in [2.05, 4.69) is 18.2 Å². The minimum atomic E-state index is -0.655. The van der Waals surface area contributed by atoms with Crippen molar-refractivity contribution < 1.29 is 4.79 Å². The summed E-state index contributed by atoms with van der Waals surface area (Å²) >= 11 is 6.41. The van der Waals surface area contributed by atoms with Crippen molar-refractivity contribution in [1.29, 1.82) is 0 Å². The molecule has 2 saturated carbocycles. The lowest BCUT2D eigenvalue weighted by atomic mass is 9.72. The van der Waals surface area contributed by atoms with Gasteiger partial charge in [-0.2, -0.15) is 0 Å². The van der Waals surface area contributed by atoms with Gasteiger partial charge in [-0.3, -0.25) is 14.7 Å². The second-order valence-corrected chi connectivity index (χ2v) is 11.7. The van der Waals surface area contributed by atoms with Crippen LogP contribution in [0.4, 0.5) is 0 Å². The number of rotatable bonds is 7. The first-order valence-corrected chi connectivity index (χ1v) is 14.0. The summed E-state index contributed by atoms with van der Waals surface area (Å²) in [6, 6.07) is 10.2. The van der Waals surface area contributed by atoms with Crippen LogP contribution in [0.3, 0.4) is 0 Å². The molecule has 5 nitrogen and oxygen atoms in total. The third-order valence-corrected chi connectivity index (χ3v) is 9.12. The maximum Gasteiger partial charge on any atom is 0.257 e. The first kappa shape index (κ1) is 24.5. The van der Waals surface area contributed by atoms with Crippen molar-refractivity contribution >= 4 is 34.4 Å². The second kappa shape index (κ2) is 10.5. The van der Waals surface area contributed by atoms with E-state index in [1.807, 2.05) is 12.1 Å². The molecule has 5 rings (SSSR count). The summed E-state index contributed by atoms with van der Waals surface area (Å²) in [5, 5.41) is 1.80. The summed E-state index contributed by atoms with van der Waals surface area (Å²) in [7, 11) is 1.78. The first-order valence-electron chi connectivity index (χ1n) is 13.6. The van der Waals surface area contributed by atoms with Gasteiger partial charge in [0, 0.05) is 18.1 Å². The Hall–Kier alpha value is -2.14. The van der Waals surface area contributed by atoms with Crippen LogP contribution in [0.5, 0.6) is 0 Å². The summed E-state index contributed by atoms with van der Waals surface area (Å²) in [5.74, 6) is 2.31. The number of amides is 1. The molecule has 0 saturated heterocycles. The van der Waals surface area contributed by atoms with Gasteiger partial charge in [0.2, 0.25) is 0 Å². The average molecular weight is 495 g/mol. The normalized spacial score (nSPS) is 28.0. The Labute approximate surface area is 214 Å². The highest BCUT2D eigenvalue weighted by Crippen LogP contribution is 2.42. The van der Waals surface area contributed by atoms with Crippen LogP contribution in [0.25, 0.3) is 10.9 Å². The summed E-state index contributed by atoms with van der Waals surface area (Å²) in [5.41, 5.74) is 7.53. The lowest BCUT2D eigenvalue weighted by molar-refractivity contribution is -0.131. The summed E-state index contributed by atoms with van der Waals surface area (Å²) in [6.45, 7) is 0. The third kappa shape index (κ3) is 5.35. The molecule has 1 amide bonds. The fraction of sp³-hybridized carbons (Fsp3) is 0.621. The number of nitrogens with two attached hydrogens (primary N) is 1. The monoisotopic (exact) mass is 494 g/mol. The number of hydrogen-bond acceptors (Lipinski definition) is 4. The van der Waals surface area contributed by atoms with Gasteiger partial charge in [0.05, 0.1) is 10.5 Å². The van der Waals surface area contributed by atoms with Gasteiger partial charge < -0.3 is 5.73 Å². The predicted molar refractivity (Wildman–Crippen MR) is 143 cm³/mol. The fourth-order valence-corrected chi connectivity index (χ4v) is 7.11. The predicted octanol–water partition coefficient (Wildman–Crippen LogP) is 6.51. The van der Waals surface area contributed by atoms with Crippen LogP contribution in [0.2, 0.25) is 5.02 Å². The molecular weight excluding hydrogens is 456 g/mol. The zero-order chi connectivity index (χ0) is 24.4. The molecule has 188 valence electrons. The molecule has 1 aliphatic heterocycles. The van der Waals surface area contributed by atoms with Crippen molar-refractivity contribution in [2.24, 2.45) is 28.5 Å².